The van der Waals surface area contributed by atoms with Crippen molar-refractivity contribution in [1.82, 2.24) is 25.0 Å². The molecule has 1 saturated heterocycles. The smallest absolute Gasteiger partial charge is 0.387 e. The van der Waals surface area contributed by atoms with Gasteiger partial charge in [0.25, 0.3) is 5.56 Å². The van der Waals surface area contributed by atoms with E-state index in [2.05, 4.69) is 25.1 Å². The Labute approximate surface area is 151 Å². The zero-order valence-corrected chi connectivity index (χ0v) is 14.7. The normalized spacial score (nSPS) is 27.9. The summed E-state index contributed by atoms with van der Waals surface area (Å²) < 4.78 is 27.7. The van der Waals surface area contributed by atoms with Crippen molar-refractivity contribution in [3.8, 4) is 0 Å². The van der Waals surface area contributed by atoms with Crippen LogP contribution >= 0.6 is 7.82 Å². The van der Waals surface area contributed by atoms with Gasteiger partial charge in [-0.25, -0.2) is 14.5 Å². The molecule has 150 valence electrons. The second-order valence-corrected chi connectivity index (χ2v) is 7.02. The molecule has 1 aliphatic rings. The molecule has 1 aliphatic heterocycles. The molecule has 3 unspecified atom stereocenters. The van der Waals surface area contributed by atoms with Crippen LogP contribution in [0.1, 0.15) is 6.23 Å². The minimum absolute atomic E-state index is 0.0294. The quantitative estimate of drug-likeness (QED) is 0.151. The molecule has 0 spiro atoms. The van der Waals surface area contributed by atoms with Crippen LogP contribution in [0.4, 0.5) is 0 Å². The summed E-state index contributed by atoms with van der Waals surface area (Å²) in [6.45, 7) is -0.251. The molecule has 0 aromatic carbocycles. The molecular formula is C12H19N6O8P. The Morgan fingerprint density at radius 1 is 1.41 bits per heavy atom. The van der Waals surface area contributed by atoms with Gasteiger partial charge in [-0.05, 0) is 0 Å². The Balaban J connectivity index is 1.69. The number of phosphoric acid groups is 1. The van der Waals surface area contributed by atoms with E-state index in [0.29, 0.717) is 0 Å². The minimum Gasteiger partial charge on any atom is -0.387 e. The molecule has 5 atom stereocenters. The van der Waals surface area contributed by atoms with E-state index >= 15 is 0 Å². The molecule has 1 fully saturated rings. The Bertz CT molecular complexity index is 888. The molecule has 3 heterocycles. The molecule has 0 radical (unpaired) electrons. The summed E-state index contributed by atoms with van der Waals surface area (Å²) in [7, 11) is -4.46. The number of aromatic amines is 1. The minimum atomic E-state index is -4.46. The summed E-state index contributed by atoms with van der Waals surface area (Å²) in [4.78, 5) is 31.5. The van der Waals surface area contributed by atoms with Crippen LogP contribution in [-0.2, 0) is 18.5 Å². The van der Waals surface area contributed by atoms with E-state index in [1.165, 1.54) is 10.9 Å². The molecule has 0 aliphatic carbocycles. The molecule has 7 N–H and O–H groups in total. The number of hydroxylamine groups is 1. The Morgan fingerprint density at radius 3 is 2.93 bits per heavy atom. The van der Waals surface area contributed by atoms with Crippen molar-refractivity contribution in [2.75, 3.05) is 19.7 Å². The van der Waals surface area contributed by atoms with Crippen molar-refractivity contribution in [1.29, 1.82) is 0 Å². The molecule has 27 heavy (non-hydrogen) atoms. The van der Waals surface area contributed by atoms with Crippen LogP contribution in [0.15, 0.2) is 17.4 Å². The summed E-state index contributed by atoms with van der Waals surface area (Å²) in [6, 6.07) is 0. The summed E-state index contributed by atoms with van der Waals surface area (Å²) in [5.74, 6) is 0. The third-order valence-corrected chi connectivity index (χ3v) is 4.64. The zero-order chi connectivity index (χ0) is 19.6. The van der Waals surface area contributed by atoms with E-state index in [1.807, 2.05) is 0 Å². The first-order valence-corrected chi connectivity index (χ1v) is 9.34. The lowest BCUT2D eigenvalue weighted by Gasteiger charge is -2.17. The van der Waals surface area contributed by atoms with Crippen molar-refractivity contribution in [3.05, 3.63) is 23.0 Å². The monoisotopic (exact) mass is 406 g/mol. The van der Waals surface area contributed by atoms with Gasteiger partial charge in [0, 0.05) is 13.1 Å². The fraction of sp³-hybridized carbons (Fsp3) is 0.583. The third kappa shape index (κ3) is 4.24. The van der Waals surface area contributed by atoms with E-state index in [4.69, 9.17) is 15.0 Å². The highest BCUT2D eigenvalue weighted by molar-refractivity contribution is 7.47. The van der Waals surface area contributed by atoms with E-state index < -0.39 is 44.5 Å². The Kier molecular flexibility index (Phi) is 6.00. The highest BCUT2D eigenvalue weighted by Crippen LogP contribution is 2.43. The van der Waals surface area contributed by atoms with Gasteiger partial charge in [0.1, 0.15) is 18.3 Å². The first kappa shape index (κ1) is 20.0. The number of hydrogen-bond donors (Lipinski definition) is 6. The van der Waals surface area contributed by atoms with Crippen LogP contribution < -0.4 is 16.8 Å². The number of aliphatic hydroxyl groups is 2. The summed E-state index contributed by atoms with van der Waals surface area (Å²) in [6.07, 6.45) is -2.76. The van der Waals surface area contributed by atoms with E-state index in [1.54, 1.807) is 0 Å². The van der Waals surface area contributed by atoms with E-state index in [9.17, 15) is 24.5 Å². The van der Waals surface area contributed by atoms with Crippen molar-refractivity contribution < 1.29 is 33.6 Å². The van der Waals surface area contributed by atoms with Gasteiger partial charge in [0.2, 0.25) is 0 Å². The van der Waals surface area contributed by atoms with Crippen molar-refractivity contribution in [2.24, 2.45) is 5.73 Å². The number of imidazole rings is 1. The SMILES string of the molecule is NCCNOP(=O)(O)OC[C@H]1O[C@@H](n2cnc3c(=O)[nH]cnc32)C(O)C1O. The summed E-state index contributed by atoms with van der Waals surface area (Å²) >= 11 is 0. The Hall–Kier alpha value is -1.74. The lowest BCUT2D eigenvalue weighted by Crippen LogP contribution is -2.34. The van der Waals surface area contributed by atoms with Crippen LogP contribution in [0.3, 0.4) is 0 Å². The van der Waals surface area contributed by atoms with Gasteiger partial charge < -0.3 is 30.6 Å². The van der Waals surface area contributed by atoms with E-state index in [0.717, 1.165) is 6.33 Å². The van der Waals surface area contributed by atoms with Gasteiger partial charge in [-0.3, -0.25) is 13.9 Å². The molecular weight excluding hydrogens is 387 g/mol. The molecule has 2 aromatic heterocycles. The fourth-order valence-electron chi connectivity index (χ4n) is 2.53. The van der Waals surface area contributed by atoms with Crippen molar-refractivity contribution in [3.63, 3.8) is 0 Å². The topological polar surface area (TPSA) is 207 Å². The van der Waals surface area contributed by atoms with Gasteiger partial charge in [0.15, 0.2) is 17.4 Å². The number of nitrogens with zero attached hydrogens (tertiary/aromatic N) is 3. The van der Waals surface area contributed by atoms with Gasteiger partial charge in [-0.1, -0.05) is 0 Å². The Morgan fingerprint density at radius 2 is 2.19 bits per heavy atom. The maximum Gasteiger partial charge on any atom is 0.488 e. The van der Waals surface area contributed by atoms with Gasteiger partial charge in [-0.2, -0.15) is 10.1 Å². The van der Waals surface area contributed by atoms with Gasteiger partial charge in [0.05, 0.1) is 19.3 Å². The second kappa shape index (κ2) is 8.10. The molecule has 3 rings (SSSR count). The molecule has 15 heteroatoms. The molecule has 2 aromatic rings. The van der Waals surface area contributed by atoms with Crippen LogP contribution in [0, 0.1) is 0 Å². The maximum absolute atomic E-state index is 11.7. The molecule has 0 amide bonds. The number of aromatic nitrogens is 4. The average molecular weight is 406 g/mol. The lowest BCUT2D eigenvalue weighted by molar-refractivity contribution is -0.0528. The predicted molar refractivity (Wildman–Crippen MR) is 88.0 cm³/mol. The third-order valence-electron chi connectivity index (χ3n) is 3.80. The average Bonchev–Trinajstić information content (AvgIpc) is 3.17. The van der Waals surface area contributed by atoms with Crippen LogP contribution in [0.25, 0.3) is 11.2 Å². The number of aliphatic hydroxyl groups excluding tert-OH is 2. The number of hydrogen-bond acceptors (Lipinski definition) is 11. The number of H-pyrrole nitrogens is 1. The van der Waals surface area contributed by atoms with Crippen LogP contribution in [0.5, 0.6) is 0 Å². The molecule has 14 nitrogen and oxygen atoms in total. The van der Waals surface area contributed by atoms with Crippen molar-refractivity contribution in [2.45, 2.75) is 24.5 Å². The van der Waals surface area contributed by atoms with Crippen LogP contribution in [-0.4, -0.2) is 72.6 Å². The standard InChI is InChI=1S/C12H19N6O8P/c13-1-2-17-26-27(22,23)24-3-6-8(19)9(20)12(25-6)18-5-16-7-10(18)14-4-15-11(7)21/h4-6,8-9,12,17,19-20H,1-3,13H2,(H,22,23)(H,14,15,21)/t6-,8?,9?,12-/m1/s1. The summed E-state index contributed by atoms with van der Waals surface area (Å²) in [5, 5.41) is 20.4. The fourth-order valence-corrected chi connectivity index (χ4v) is 3.17. The molecule has 0 saturated carbocycles. The number of phosphoric ester groups is 1. The number of fused-ring (bicyclic) bond motifs is 1. The predicted octanol–water partition coefficient (Wildman–Crippen LogP) is -2.66. The number of nitrogens with one attached hydrogen (secondary N) is 2. The highest BCUT2D eigenvalue weighted by atomic mass is 31.2. The summed E-state index contributed by atoms with van der Waals surface area (Å²) in [5.41, 5.74) is 7.05. The van der Waals surface area contributed by atoms with Crippen LogP contribution in [0.2, 0.25) is 0 Å². The molecule has 0 bridgehead atoms. The largest absolute Gasteiger partial charge is 0.488 e. The highest BCUT2D eigenvalue weighted by Gasteiger charge is 2.45. The van der Waals surface area contributed by atoms with E-state index in [-0.39, 0.29) is 24.3 Å². The zero-order valence-electron chi connectivity index (χ0n) is 13.8. The number of nitrogens with two attached hydrogens (primary N) is 1. The lowest BCUT2D eigenvalue weighted by atomic mass is 10.1. The van der Waals surface area contributed by atoms with Gasteiger partial charge in [-0.15, -0.1) is 0 Å². The van der Waals surface area contributed by atoms with Gasteiger partial charge >= 0.3 is 7.82 Å². The van der Waals surface area contributed by atoms with Crippen molar-refractivity contribution >= 4 is 19.0 Å². The number of ether oxygens (including phenoxy) is 1. The first-order valence-electron chi connectivity index (χ1n) is 7.84. The number of rotatable bonds is 8. The first-order chi connectivity index (χ1) is 12.8. The maximum atomic E-state index is 11.7. The second-order valence-electron chi connectivity index (χ2n) is 5.64.